The van der Waals surface area contributed by atoms with Crippen molar-refractivity contribution in [2.75, 3.05) is 0 Å². The quantitative estimate of drug-likeness (QED) is 0.783. The first-order chi connectivity index (χ1) is 7.20. The fraction of sp³-hybridized carbons (Fsp3) is 0. The Kier molecular flexibility index (Phi) is 2.93. The maximum absolute atomic E-state index is 11.9. The van der Waals surface area contributed by atoms with Crippen LogP contribution in [0.3, 0.4) is 0 Å². The molecule has 76 valence electrons. The van der Waals surface area contributed by atoms with Gasteiger partial charge in [0, 0.05) is 10.0 Å². The molecule has 0 unspecified atom stereocenters. The molecule has 0 atom stereocenters. The summed E-state index contributed by atoms with van der Waals surface area (Å²) in [6, 6.07) is 6.85. The van der Waals surface area contributed by atoms with Gasteiger partial charge in [-0.3, -0.25) is 4.79 Å². The fourth-order valence-electron chi connectivity index (χ4n) is 1.23. The minimum Gasteiger partial charge on any atom is -0.472 e. The zero-order valence-corrected chi connectivity index (χ0v) is 9.88. The average molecular weight is 286 g/mol. The molecule has 0 saturated carbocycles. The number of rotatable bonds is 2. The van der Waals surface area contributed by atoms with Crippen LogP contribution in [0.25, 0.3) is 0 Å². The Morgan fingerprint density at radius 3 is 2.80 bits per heavy atom. The van der Waals surface area contributed by atoms with Gasteiger partial charge in [0.15, 0.2) is 5.78 Å². The van der Waals surface area contributed by atoms with Crippen molar-refractivity contribution in [1.82, 2.24) is 0 Å². The number of ketones is 1. The predicted molar refractivity (Wildman–Crippen MR) is 61.3 cm³/mol. The molecule has 2 rings (SSSR count). The zero-order chi connectivity index (χ0) is 10.8. The molecule has 0 aliphatic rings. The first-order valence-corrected chi connectivity index (χ1v) is 5.38. The lowest BCUT2D eigenvalue weighted by atomic mass is 10.1. The first-order valence-electron chi connectivity index (χ1n) is 4.21. The van der Waals surface area contributed by atoms with E-state index in [1.165, 1.54) is 12.5 Å². The van der Waals surface area contributed by atoms with Crippen molar-refractivity contribution >= 4 is 33.3 Å². The highest BCUT2D eigenvalue weighted by Crippen LogP contribution is 2.27. The van der Waals surface area contributed by atoms with Crippen LogP contribution in [-0.4, -0.2) is 5.78 Å². The van der Waals surface area contributed by atoms with Gasteiger partial charge in [-0.15, -0.1) is 0 Å². The van der Waals surface area contributed by atoms with E-state index in [9.17, 15) is 4.79 Å². The summed E-state index contributed by atoms with van der Waals surface area (Å²) in [7, 11) is 0. The Labute approximate surface area is 100.0 Å². The Morgan fingerprint density at radius 1 is 1.33 bits per heavy atom. The van der Waals surface area contributed by atoms with Crippen LogP contribution in [0.5, 0.6) is 0 Å². The van der Waals surface area contributed by atoms with E-state index in [1.54, 1.807) is 24.3 Å². The van der Waals surface area contributed by atoms with Crippen molar-refractivity contribution in [2.24, 2.45) is 0 Å². The third-order valence-electron chi connectivity index (χ3n) is 1.98. The molecule has 1 aromatic carbocycles. The molecule has 0 bridgehead atoms. The monoisotopic (exact) mass is 284 g/mol. The van der Waals surface area contributed by atoms with Gasteiger partial charge in [0.1, 0.15) is 6.26 Å². The van der Waals surface area contributed by atoms with E-state index in [2.05, 4.69) is 15.9 Å². The zero-order valence-electron chi connectivity index (χ0n) is 7.54. The average Bonchev–Trinajstić information content (AvgIpc) is 2.74. The molecule has 15 heavy (non-hydrogen) atoms. The van der Waals surface area contributed by atoms with Crippen LogP contribution >= 0.6 is 27.5 Å². The molecule has 2 nitrogen and oxygen atoms in total. The normalized spacial score (nSPS) is 10.3. The third kappa shape index (κ3) is 1.98. The van der Waals surface area contributed by atoms with E-state index in [-0.39, 0.29) is 5.78 Å². The van der Waals surface area contributed by atoms with Crippen molar-refractivity contribution in [1.29, 1.82) is 0 Å². The fourth-order valence-corrected chi connectivity index (χ4v) is 1.81. The van der Waals surface area contributed by atoms with Gasteiger partial charge >= 0.3 is 0 Å². The third-order valence-corrected chi connectivity index (χ3v) is 3.28. The number of carbonyl (C=O) groups excluding carboxylic acids is 1. The second kappa shape index (κ2) is 4.21. The van der Waals surface area contributed by atoms with Gasteiger partial charge in [-0.2, -0.15) is 0 Å². The molecule has 0 amide bonds. The van der Waals surface area contributed by atoms with E-state index < -0.39 is 0 Å². The Balaban J connectivity index is 2.47. The summed E-state index contributed by atoms with van der Waals surface area (Å²) < 4.78 is 5.56. The van der Waals surface area contributed by atoms with Crippen LogP contribution in [-0.2, 0) is 0 Å². The van der Waals surface area contributed by atoms with Crippen LogP contribution in [0.2, 0.25) is 5.02 Å². The smallest absolute Gasteiger partial charge is 0.197 e. The molecule has 1 heterocycles. The molecule has 0 saturated heterocycles. The molecule has 0 radical (unpaired) electrons. The molecule has 2 aromatic rings. The number of carbonyl (C=O) groups is 1. The summed E-state index contributed by atoms with van der Waals surface area (Å²) in [4.78, 5) is 11.9. The molecular formula is C11H6BrClO2. The van der Waals surface area contributed by atoms with Gasteiger partial charge in [0.05, 0.1) is 16.8 Å². The first kappa shape index (κ1) is 10.5. The van der Waals surface area contributed by atoms with Gasteiger partial charge < -0.3 is 4.42 Å². The number of hydrogen-bond donors (Lipinski definition) is 0. The second-order valence-corrected chi connectivity index (χ2v) is 4.17. The summed E-state index contributed by atoms with van der Waals surface area (Å²) in [5.74, 6) is -0.143. The number of benzene rings is 1. The lowest BCUT2D eigenvalue weighted by Gasteiger charge is -2.02. The molecule has 0 aliphatic heterocycles. The summed E-state index contributed by atoms with van der Waals surface area (Å²) in [6.07, 6.45) is 2.86. The van der Waals surface area contributed by atoms with Crippen LogP contribution < -0.4 is 0 Å². The van der Waals surface area contributed by atoms with E-state index in [0.717, 1.165) is 0 Å². The van der Waals surface area contributed by atoms with Crippen LogP contribution in [0.1, 0.15) is 15.9 Å². The van der Waals surface area contributed by atoms with Crippen molar-refractivity contribution in [3.8, 4) is 0 Å². The van der Waals surface area contributed by atoms with Crippen LogP contribution in [0, 0.1) is 0 Å². The highest BCUT2D eigenvalue weighted by atomic mass is 79.9. The molecule has 4 heteroatoms. The second-order valence-electron chi connectivity index (χ2n) is 2.94. The Bertz CT molecular complexity index is 491. The van der Waals surface area contributed by atoms with Gasteiger partial charge in [0.2, 0.25) is 0 Å². The van der Waals surface area contributed by atoms with Crippen LogP contribution in [0.15, 0.2) is 45.7 Å². The molecule has 0 aliphatic carbocycles. The van der Waals surface area contributed by atoms with E-state index in [4.69, 9.17) is 16.0 Å². The Hall–Kier alpha value is -1.06. The standard InChI is InChI=1S/C11H6BrClO2/c12-9-3-1-2-8(10(9)13)11(14)7-4-5-15-6-7/h1-6H. The van der Waals surface area contributed by atoms with E-state index >= 15 is 0 Å². The minimum absolute atomic E-state index is 0.143. The summed E-state index contributed by atoms with van der Waals surface area (Å²) in [5, 5.41) is 0.420. The predicted octanol–water partition coefficient (Wildman–Crippen LogP) is 3.93. The lowest BCUT2D eigenvalue weighted by molar-refractivity contribution is 0.103. The lowest BCUT2D eigenvalue weighted by Crippen LogP contribution is -2.00. The van der Waals surface area contributed by atoms with Crippen molar-refractivity contribution < 1.29 is 9.21 Å². The van der Waals surface area contributed by atoms with E-state index in [0.29, 0.717) is 20.6 Å². The summed E-state index contributed by atoms with van der Waals surface area (Å²) in [6.45, 7) is 0. The Morgan fingerprint density at radius 2 is 2.13 bits per heavy atom. The van der Waals surface area contributed by atoms with Crippen LogP contribution in [0.4, 0.5) is 0 Å². The molecular weight excluding hydrogens is 279 g/mol. The summed E-state index contributed by atoms with van der Waals surface area (Å²) >= 11 is 9.28. The largest absolute Gasteiger partial charge is 0.472 e. The van der Waals surface area contributed by atoms with Crippen molar-refractivity contribution in [3.63, 3.8) is 0 Å². The molecule has 0 fully saturated rings. The highest BCUT2D eigenvalue weighted by Gasteiger charge is 2.14. The van der Waals surface area contributed by atoms with Gasteiger partial charge in [-0.1, -0.05) is 17.7 Å². The minimum atomic E-state index is -0.143. The number of hydrogen-bond acceptors (Lipinski definition) is 2. The van der Waals surface area contributed by atoms with Crippen molar-refractivity contribution in [3.05, 3.63) is 57.4 Å². The van der Waals surface area contributed by atoms with Crippen molar-refractivity contribution in [2.45, 2.75) is 0 Å². The van der Waals surface area contributed by atoms with Gasteiger partial charge in [0.25, 0.3) is 0 Å². The van der Waals surface area contributed by atoms with Gasteiger partial charge in [-0.25, -0.2) is 0 Å². The summed E-state index contributed by atoms with van der Waals surface area (Å²) in [5.41, 5.74) is 0.961. The maximum Gasteiger partial charge on any atom is 0.197 e. The maximum atomic E-state index is 11.9. The molecule has 0 N–H and O–H groups in total. The van der Waals surface area contributed by atoms with Gasteiger partial charge in [-0.05, 0) is 34.1 Å². The van der Waals surface area contributed by atoms with E-state index in [1.807, 2.05) is 0 Å². The highest BCUT2D eigenvalue weighted by molar-refractivity contribution is 9.10. The number of furan rings is 1. The number of halogens is 2. The SMILES string of the molecule is O=C(c1ccoc1)c1cccc(Br)c1Cl. The molecule has 0 spiro atoms. The topological polar surface area (TPSA) is 30.2 Å². The molecule has 1 aromatic heterocycles.